The van der Waals surface area contributed by atoms with Gasteiger partial charge in [-0.05, 0) is 26.6 Å². The molecule has 7 heteroatoms. The number of likely N-dealkylation sites (N-methyl/N-ethyl adjacent to an activating group) is 1. The van der Waals surface area contributed by atoms with Crippen molar-refractivity contribution in [1.82, 2.24) is 9.88 Å². The van der Waals surface area contributed by atoms with Crippen molar-refractivity contribution in [3.05, 3.63) is 34.1 Å². The lowest BCUT2D eigenvalue weighted by molar-refractivity contribution is 0.0691. The first kappa shape index (κ1) is 16.3. The van der Waals surface area contributed by atoms with Crippen LogP contribution in [0.25, 0.3) is 10.9 Å². The first-order valence-corrected chi connectivity index (χ1v) is 7.80. The molecule has 0 saturated carbocycles. The molecule has 1 atom stereocenters. The molecule has 0 amide bonds. The molecule has 2 heterocycles. The van der Waals surface area contributed by atoms with Gasteiger partial charge in [0.05, 0.1) is 23.7 Å². The molecule has 1 aliphatic rings. The van der Waals surface area contributed by atoms with Gasteiger partial charge in [0.25, 0.3) is 0 Å². The largest absolute Gasteiger partial charge is 0.497 e. The molecule has 1 unspecified atom stereocenters. The van der Waals surface area contributed by atoms with Crippen LogP contribution in [0.5, 0.6) is 5.75 Å². The maximum atomic E-state index is 12.3. The minimum atomic E-state index is -1.15. The third-order valence-corrected chi connectivity index (χ3v) is 4.59. The van der Waals surface area contributed by atoms with Crippen LogP contribution in [0.1, 0.15) is 16.9 Å². The van der Waals surface area contributed by atoms with Gasteiger partial charge in [-0.15, -0.1) is 0 Å². The van der Waals surface area contributed by atoms with Gasteiger partial charge < -0.3 is 24.6 Å². The number of aromatic amines is 1. The Labute approximate surface area is 139 Å². The van der Waals surface area contributed by atoms with Crippen molar-refractivity contribution >= 4 is 22.6 Å². The van der Waals surface area contributed by atoms with Gasteiger partial charge in [-0.2, -0.15) is 0 Å². The van der Waals surface area contributed by atoms with Gasteiger partial charge in [0.1, 0.15) is 11.4 Å². The van der Waals surface area contributed by atoms with Crippen LogP contribution in [-0.4, -0.2) is 61.3 Å². The fourth-order valence-corrected chi connectivity index (χ4v) is 3.17. The molecule has 1 fully saturated rings. The van der Waals surface area contributed by atoms with Crippen molar-refractivity contribution in [2.45, 2.75) is 12.5 Å². The number of H-pyrrole nitrogens is 1. The van der Waals surface area contributed by atoms with Gasteiger partial charge in [-0.1, -0.05) is 0 Å². The molecular weight excluding hydrogens is 310 g/mol. The number of ether oxygens (including phenoxy) is 1. The lowest BCUT2D eigenvalue weighted by atomic mass is 10.1. The molecule has 7 nitrogen and oxygen atoms in total. The Kier molecular flexibility index (Phi) is 4.19. The summed E-state index contributed by atoms with van der Waals surface area (Å²) in [7, 11) is 5.64. The van der Waals surface area contributed by atoms with E-state index in [4.69, 9.17) is 4.74 Å². The number of anilines is 1. The maximum Gasteiger partial charge on any atom is 0.352 e. The van der Waals surface area contributed by atoms with E-state index in [1.807, 2.05) is 20.2 Å². The molecular formula is C17H21N3O4. The molecule has 0 radical (unpaired) electrons. The van der Waals surface area contributed by atoms with Crippen molar-refractivity contribution in [2.24, 2.45) is 0 Å². The lowest BCUT2D eigenvalue weighted by Crippen LogP contribution is -2.31. The zero-order valence-corrected chi connectivity index (χ0v) is 14.0. The first-order chi connectivity index (χ1) is 11.4. The number of carbonyl (C=O) groups is 1. The van der Waals surface area contributed by atoms with Crippen LogP contribution < -0.4 is 15.1 Å². The normalized spacial score (nSPS) is 17.7. The van der Waals surface area contributed by atoms with Gasteiger partial charge in [0.15, 0.2) is 5.43 Å². The summed E-state index contributed by atoms with van der Waals surface area (Å²) in [4.78, 5) is 30.9. The Morgan fingerprint density at radius 3 is 2.71 bits per heavy atom. The van der Waals surface area contributed by atoms with E-state index in [1.54, 1.807) is 13.2 Å². The van der Waals surface area contributed by atoms with Crippen molar-refractivity contribution in [3.8, 4) is 5.75 Å². The summed E-state index contributed by atoms with van der Waals surface area (Å²) in [5, 5.41) is 9.66. The van der Waals surface area contributed by atoms with E-state index < -0.39 is 5.97 Å². The molecule has 2 aromatic rings. The van der Waals surface area contributed by atoms with Crippen LogP contribution in [0.4, 0.5) is 5.69 Å². The highest BCUT2D eigenvalue weighted by molar-refractivity contribution is 5.96. The number of carboxylic acids is 1. The second-order valence-corrected chi connectivity index (χ2v) is 6.27. The zero-order chi connectivity index (χ0) is 17.4. The minimum Gasteiger partial charge on any atom is -0.497 e. The molecule has 128 valence electrons. The number of aromatic carboxylic acids is 1. The number of carboxylic acid groups (broad SMARTS) is 1. The first-order valence-electron chi connectivity index (χ1n) is 7.80. The predicted molar refractivity (Wildman–Crippen MR) is 92.4 cm³/mol. The quantitative estimate of drug-likeness (QED) is 0.880. The second-order valence-electron chi connectivity index (χ2n) is 6.27. The average Bonchev–Trinajstić information content (AvgIpc) is 3.04. The summed E-state index contributed by atoms with van der Waals surface area (Å²) in [6.07, 6.45) is 1.01. The van der Waals surface area contributed by atoms with E-state index in [1.165, 1.54) is 0 Å². The van der Waals surface area contributed by atoms with Crippen molar-refractivity contribution < 1.29 is 14.6 Å². The number of aromatic nitrogens is 1. The number of rotatable bonds is 4. The van der Waals surface area contributed by atoms with E-state index in [2.05, 4.69) is 14.8 Å². The van der Waals surface area contributed by atoms with E-state index in [9.17, 15) is 14.7 Å². The topological polar surface area (TPSA) is 85.9 Å². The van der Waals surface area contributed by atoms with Crippen LogP contribution in [0, 0.1) is 0 Å². The Morgan fingerprint density at radius 1 is 1.38 bits per heavy atom. The third kappa shape index (κ3) is 2.82. The molecule has 0 aliphatic carbocycles. The minimum absolute atomic E-state index is 0.109. The summed E-state index contributed by atoms with van der Waals surface area (Å²) in [6, 6.07) is 5.02. The van der Waals surface area contributed by atoms with E-state index >= 15 is 0 Å². The smallest absolute Gasteiger partial charge is 0.352 e. The van der Waals surface area contributed by atoms with Gasteiger partial charge in [-0.25, -0.2) is 4.79 Å². The number of hydrogen-bond donors (Lipinski definition) is 2. The number of fused-ring (bicyclic) bond motifs is 1. The zero-order valence-electron chi connectivity index (χ0n) is 14.0. The third-order valence-electron chi connectivity index (χ3n) is 4.59. The summed E-state index contributed by atoms with van der Waals surface area (Å²) in [5.74, 6) is -0.567. The maximum absolute atomic E-state index is 12.3. The molecule has 2 N–H and O–H groups in total. The van der Waals surface area contributed by atoms with Gasteiger partial charge in [0.2, 0.25) is 0 Å². The number of pyridine rings is 1. The molecule has 0 spiro atoms. The van der Waals surface area contributed by atoms with E-state index in [0.717, 1.165) is 31.3 Å². The molecule has 24 heavy (non-hydrogen) atoms. The highest BCUT2D eigenvalue weighted by Gasteiger charge is 2.26. The Hall–Kier alpha value is -2.54. The number of benzene rings is 1. The van der Waals surface area contributed by atoms with Crippen LogP contribution >= 0.6 is 0 Å². The summed E-state index contributed by atoms with van der Waals surface area (Å²) >= 11 is 0. The van der Waals surface area contributed by atoms with Crippen molar-refractivity contribution in [1.29, 1.82) is 0 Å². The number of nitrogens with one attached hydrogen (secondary N) is 1. The molecule has 1 aliphatic heterocycles. The van der Waals surface area contributed by atoms with Crippen LogP contribution in [0.15, 0.2) is 23.0 Å². The predicted octanol–water partition coefficient (Wildman–Crippen LogP) is 1.38. The Morgan fingerprint density at radius 2 is 2.12 bits per heavy atom. The van der Waals surface area contributed by atoms with Gasteiger partial charge in [0, 0.05) is 31.3 Å². The monoisotopic (exact) mass is 331 g/mol. The lowest BCUT2D eigenvalue weighted by Gasteiger charge is -2.23. The fourth-order valence-electron chi connectivity index (χ4n) is 3.17. The fraction of sp³-hybridized carbons (Fsp3) is 0.412. The van der Waals surface area contributed by atoms with E-state index in [-0.39, 0.29) is 11.1 Å². The molecule has 3 rings (SSSR count). The Balaban J connectivity index is 2.18. The Bertz CT molecular complexity index is 844. The number of methoxy groups -OCH3 is 1. The SMILES string of the molecule is COc1cc(N2CCC(N(C)C)C2)c2[nH]c(C(=O)O)cc(=O)c2c1. The standard InChI is InChI=1S/C17H21N3O4/c1-19(2)10-4-5-20(9-10)14-7-11(24-3)6-12-15(21)8-13(17(22)23)18-16(12)14/h6-8,10H,4-5,9H2,1-3H3,(H,18,21)(H,22,23). The van der Waals surface area contributed by atoms with Crippen LogP contribution in [0.2, 0.25) is 0 Å². The molecule has 1 aromatic heterocycles. The summed E-state index contributed by atoms with van der Waals surface area (Å²) < 4.78 is 5.32. The highest BCUT2D eigenvalue weighted by Crippen LogP contribution is 2.32. The van der Waals surface area contributed by atoms with Gasteiger partial charge >= 0.3 is 5.97 Å². The van der Waals surface area contributed by atoms with Gasteiger partial charge in [-0.3, -0.25) is 4.79 Å². The molecule has 0 bridgehead atoms. The molecule has 1 aromatic carbocycles. The van der Waals surface area contributed by atoms with Crippen LogP contribution in [0.3, 0.4) is 0 Å². The summed E-state index contributed by atoms with van der Waals surface area (Å²) in [5.41, 5.74) is 0.904. The second kappa shape index (κ2) is 6.16. The van der Waals surface area contributed by atoms with E-state index in [0.29, 0.717) is 22.7 Å². The van der Waals surface area contributed by atoms with Crippen molar-refractivity contribution in [2.75, 3.05) is 39.2 Å². The number of hydrogen-bond acceptors (Lipinski definition) is 5. The summed E-state index contributed by atoms with van der Waals surface area (Å²) in [6.45, 7) is 1.65. The average molecular weight is 331 g/mol. The molecule has 1 saturated heterocycles. The van der Waals surface area contributed by atoms with Crippen LogP contribution in [-0.2, 0) is 0 Å². The number of nitrogens with zero attached hydrogens (tertiary/aromatic N) is 2. The van der Waals surface area contributed by atoms with Crippen molar-refractivity contribution in [3.63, 3.8) is 0 Å². The highest BCUT2D eigenvalue weighted by atomic mass is 16.5.